The molecule has 182 valence electrons. The van der Waals surface area contributed by atoms with Crippen LogP contribution in [0, 0.1) is 0 Å². The molecule has 0 radical (unpaired) electrons. The highest BCUT2D eigenvalue weighted by molar-refractivity contribution is 5.21. The maximum absolute atomic E-state index is 6.27. The number of hydrogen-bond donors (Lipinski definition) is 0. The van der Waals surface area contributed by atoms with Gasteiger partial charge in [0.15, 0.2) is 0 Å². The van der Waals surface area contributed by atoms with Crippen molar-refractivity contribution in [2.45, 2.75) is 96.3 Å². The van der Waals surface area contributed by atoms with Crippen LogP contribution in [0.4, 0.5) is 0 Å². The van der Waals surface area contributed by atoms with Crippen LogP contribution in [-0.4, -0.2) is 28.8 Å². The Morgan fingerprint density at radius 2 is 0.970 bits per heavy atom. The highest BCUT2D eigenvalue weighted by atomic mass is 17.3. The third-order valence-electron chi connectivity index (χ3n) is 6.96. The van der Waals surface area contributed by atoms with Crippen molar-refractivity contribution in [2.75, 3.05) is 7.05 Å². The lowest BCUT2D eigenvalue weighted by atomic mass is 9.77. The SMILES string of the molecule is CN1C(C)(C)CC(OOC(C)(C)c2ccccc2)(OOC(C)(C)c2ccccc2)CC1(C)C. The molecule has 2 aromatic carbocycles. The summed E-state index contributed by atoms with van der Waals surface area (Å²) in [4.78, 5) is 27.2. The van der Waals surface area contributed by atoms with Gasteiger partial charge in [0.2, 0.25) is 5.79 Å². The van der Waals surface area contributed by atoms with Gasteiger partial charge in [0.1, 0.15) is 11.2 Å². The van der Waals surface area contributed by atoms with Gasteiger partial charge in [-0.05, 0) is 73.6 Å². The zero-order valence-corrected chi connectivity index (χ0v) is 21.8. The summed E-state index contributed by atoms with van der Waals surface area (Å²) in [7, 11) is 2.15. The summed E-state index contributed by atoms with van der Waals surface area (Å²) in [6.45, 7) is 16.8. The fraction of sp³-hybridized carbons (Fsp3) is 0.571. The van der Waals surface area contributed by atoms with Crippen molar-refractivity contribution in [3.05, 3.63) is 71.8 Å². The first-order chi connectivity index (χ1) is 15.2. The lowest BCUT2D eigenvalue weighted by molar-refractivity contribution is -0.559. The molecule has 0 amide bonds. The molecule has 0 bridgehead atoms. The van der Waals surface area contributed by atoms with E-state index in [0.717, 1.165) is 11.1 Å². The predicted molar refractivity (Wildman–Crippen MR) is 131 cm³/mol. The molecule has 1 aliphatic rings. The molecule has 5 nitrogen and oxygen atoms in total. The Morgan fingerprint density at radius 3 is 1.30 bits per heavy atom. The van der Waals surface area contributed by atoms with E-state index < -0.39 is 17.0 Å². The number of nitrogens with zero attached hydrogens (tertiary/aromatic N) is 1. The second-order valence-electron chi connectivity index (χ2n) is 11.5. The van der Waals surface area contributed by atoms with Crippen molar-refractivity contribution in [2.24, 2.45) is 0 Å². The Labute approximate surface area is 199 Å². The molecule has 5 heteroatoms. The minimum atomic E-state index is -1.09. The van der Waals surface area contributed by atoms with Gasteiger partial charge >= 0.3 is 0 Å². The van der Waals surface area contributed by atoms with Crippen molar-refractivity contribution >= 4 is 0 Å². The van der Waals surface area contributed by atoms with Crippen LogP contribution < -0.4 is 0 Å². The van der Waals surface area contributed by atoms with E-state index in [9.17, 15) is 0 Å². The molecule has 0 spiro atoms. The van der Waals surface area contributed by atoms with Gasteiger partial charge in [0, 0.05) is 23.9 Å². The molecule has 1 aliphatic heterocycles. The average Bonchev–Trinajstić information content (AvgIpc) is 2.76. The van der Waals surface area contributed by atoms with Gasteiger partial charge < -0.3 is 0 Å². The minimum absolute atomic E-state index is 0.206. The highest BCUT2D eigenvalue weighted by Crippen LogP contribution is 2.47. The standard InChI is InChI=1S/C28H41NO4/c1-24(2)20-28(21-25(3,4)29(24)9,32-30-26(5,6)22-16-12-10-13-17-22)33-31-27(7,8)23-18-14-11-15-19-23/h10-19H,20-21H2,1-9H3. The van der Waals surface area contributed by atoms with Crippen LogP contribution in [-0.2, 0) is 30.8 Å². The zero-order chi connectivity index (χ0) is 24.5. The number of benzene rings is 2. The molecule has 0 unspecified atom stereocenters. The molecule has 1 heterocycles. The van der Waals surface area contributed by atoms with Gasteiger partial charge in [0.05, 0.1) is 0 Å². The number of rotatable bonds is 8. The third-order valence-corrected chi connectivity index (χ3v) is 6.96. The minimum Gasteiger partial charge on any atom is -0.296 e. The Hall–Kier alpha value is -1.76. The van der Waals surface area contributed by atoms with E-state index in [1.165, 1.54) is 0 Å². The molecule has 1 saturated heterocycles. The molecular weight excluding hydrogens is 414 g/mol. The fourth-order valence-electron chi connectivity index (χ4n) is 4.70. The van der Waals surface area contributed by atoms with E-state index in [4.69, 9.17) is 19.6 Å². The Kier molecular flexibility index (Phi) is 7.15. The van der Waals surface area contributed by atoms with Crippen LogP contribution in [0.25, 0.3) is 0 Å². The molecule has 3 rings (SSSR count). The summed E-state index contributed by atoms with van der Waals surface area (Å²) in [5, 5.41) is 0. The summed E-state index contributed by atoms with van der Waals surface area (Å²) in [6, 6.07) is 20.1. The van der Waals surface area contributed by atoms with Crippen LogP contribution in [0.15, 0.2) is 60.7 Å². The van der Waals surface area contributed by atoms with Gasteiger partial charge in [-0.25, -0.2) is 9.78 Å². The molecule has 0 N–H and O–H groups in total. The van der Waals surface area contributed by atoms with Gasteiger partial charge in [-0.1, -0.05) is 60.7 Å². The van der Waals surface area contributed by atoms with Crippen LogP contribution in [0.3, 0.4) is 0 Å². The summed E-state index contributed by atoms with van der Waals surface area (Å²) in [6.07, 6.45) is 1.16. The topological polar surface area (TPSA) is 40.2 Å². The zero-order valence-electron chi connectivity index (χ0n) is 21.8. The third kappa shape index (κ3) is 5.84. The summed E-state index contributed by atoms with van der Waals surface area (Å²) in [5.74, 6) is -1.09. The second kappa shape index (κ2) is 9.12. The van der Waals surface area contributed by atoms with Crippen molar-refractivity contribution < 1.29 is 19.6 Å². The number of hydrogen-bond acceptors (Lipinski definition) is 5. The predicted octanol–water partition coefficient (Wildman–Crippen LogP) is 6.73. The van der Waals surface area contributed by atoms with Crippen molar-refractivity contribution in [1.29, 1.82) is 0 Å². The van der Waals surface area contributed by atoms with E-state index in [1.807, 2.05) is 88.4 Å². The quantitative estimate of drug-likeness (QED) is 0.251. The maximum atomic E-state index is 6.27. The Bertz CT molecular complexity index is 831. The lowest BCUT2D eigenvalue weighted by Gasteiger charge is -2.56. The molecule has 0 aliphatic carbocycles. The average molecular weight is 456 g/mol. The summed E-state index contributed by atoms with van der Waals surface area (Å²) >= 11 is 0. The van der Waals surface area contributed by atoms with E-state index in [2.05, 4.69) is 39.6 Å². The highest BCUT2D eigenvalue weighted by Gasteiger charge is 2.55. The van der Waals surface area contributed by atoms with Crippen molar-refractivity contribution in [3.63, 3.8) is 0 Å². The Balaban J connectivity index is 1.88. The summed E-state index contributed by atoms with van der Waals surface area (Å²) in [5.41, 5.74) is 0.313. The molecular formula is C28H41NO4. The van der Waals surface area contributed by atoms with Crippen molar-refractivity contribution in [3.8, 4) is 0 Å². The monoisotopic (exact) mass is 455 g/mol. The van der Waals surface area contributed by atoms with Crippen LogP contribution >= 0.6 is 0 Å². The first-order valence-electron chi connectivity index (χ1n) is 11.8. The fourth-order valence-corrected chi connectivity index (χ4v) is 4.70. The smallest absolute Gasteiger partial charge is 0.237 e. The normalized spacial score (nSPS) is 20.5. The van der Waals surface area contributed by atoms with E-state index in [1.54, 1.807) is 0 Å². The molecule has 0 saturated carbocycles. The van der Waals surface area contributed by atoms with Gasteiger partial charge in [0.25, 0.3) is 0 Å². The van der Waals surface area contributed by atoms with Crippen LogP contribution in [0.5, 0.6) is 0 Å². The van der Waals surface area contributed by atoms with E-state index in [0.29, 0.717) is 12.8 Å². The number of likely N-dealkylation sites (tertiary alicyclic amines) is 1. The molecule has 1 fully saturated rings. The van der Waals surface area contributed by atoms with E-state index in [-0.39, 0.29) is 11.1 Å². The maximum Gasteiger partial charge on any atom is 0.237 e. The Morgan fingerprint density at radius 1 is 0.636 bits per heavy atom. The van der Waals surface area contributed by atoms with Gasteiger partial charge in [-0.3, -0.25) is 4.90 Å². The first kappa shape index (κ1) is 25.9. The van der Waals surface area contributed by atoms with Crippen molar-refractivity contribution in [1.82, 2.24) is 4.90 Å². The molecule has 2 aromatic rings. The van der Waals surface area contributed by atoms with E-state index >= 15 is 0 Å². The van der Waals surface area contributed by atoms with Crippen LogP contribution in [0.2, 0.25) is 0 Å². The molecule has 33 heavy (non-hydrogen) atoms. The summed E-state index contributed by atoms with van der Waals surface area (Å²) < 4.78 is 0. The molecule has 0 atom stereocenters. The lowest BCUT2D eigenvalue weighted by Crippen LogP contribution is -2.65. The second-order valence-corrected chi connectivity index (χ2v) is 11.5. The first-order valence-corrected chi connectivity index (χ1v) is 11.8. The molecule has 0 aromatic heterocycles. The largest absolute Gasteiger partial charge is 0.296 e. The number of piperidine rings is 1. The van der Waals surface area contributed by atoms with Gasteiger partial charge in [-0.15, -0.1) is 0 Å². The van der Waals surface area contributed by atoms with Gasteiger partial charge in [-0.2, -0.15) is 9.78 Å². The van der Waals surface area contributed by atoms with Crippen LogP contribution in [0.1, 0.15) is 79.4 Å².